The summed E-state index contributed by atoms with van der Waals surface area (Å²) < 4.78 is 41.8. The van der Waals surface area contributed by atoms with Gasteiger partial charge in [0.1, 0.15) is 22.8 Å². The Kier molecular flexibility index (Phi) is 11.8. The summed E-state index contributed by atoms with van der Waals surface area (Å²) in [6.45, 7) is 10.3. The SMILES string of the molecule is CC(C)(C)OC(=O)NCc1ccc(C(=O)O)cc1F.COC(=O)c1ccc(CNC(=O)OC(C)(C)C)c(F)c1. The Morgan fingerprint density at radius 3 is 1.46 bits per heavy atom. The number of halogens is 2. The van der Waals surface area contributed by atoms with Crippen LogP contribution in [-0.2, 0) is 27.3 Å². The van der Waals surface area contributed by atoms with Crippen LogP contribution >= 0.6 is 0 Å². The molecule has 39 heavy (non-hydrogen) atoms. The first-order chi connectivity index (χ1) is 17.9. The van der Waals surface area contributed by atoms with Gasteiger partial charge in [0.15, 0.2) is 0 Å². The van der Waals surface area contributed by atoms with Crippen molar-refractivity contribution in [2.24, 2.45) is 0 Å². The normalized spacial score (nSPS) is 10.9. The number of nitrogens with one attached hydrogen (secondary N) is 2. The molecule has 0 heterocycles. The standard InChI is InChI=1S/C14H18FNO4.C13H16FNO4/c1-14(2,3)20-13(18)16-8-10-6-5-9(7-11(10)15)12(17)19-4;1-13(2,3)19-12(18)15-7-9-5-4-8(11(16)17)6-10(9)14/h5-7H,8H2,1-4H3,(H,16,18);4-6H,7H2,1-3H3,(H,15,18)(H,16,17). The second kappa shape index (κ2) is 14.1. The van der Waals surface area contributed by atoms with E-state index in [1.807, 2.05) is 0 Å². The molecular formula is C27H34F2N2O8. The summed E-state index contributed by atoms with van der Waals surface area (Å²) in [6, 6.07) is 7.42. The maximum absolute atomic E-state index is 13.7. The fourth-order valence-corrected chi connectivity index (χ4v) is 2.72. The van der Waals surface area contributed by atoms with Crippen LogP contribution in [0.4, 0.5) is 18.4 Å². The Bertz CT molecular complexity index is 1190. The van der Waals surface area contributed by atoms with Gasteiger partial charge in [0.05, 0.1) is 18.2 Å². The maximum atomic E-state index is 13.7. The molecule has 0 bridgehead atoms. The molecule has 0 saturated heterocycles. The van der Waals surface area contributed by atoms with Crippen molar-refractivity contribution in [3.05, 3.63) is 70.3 Å². The van der Waals surface area contributed by atoms with Gasteiger partial charge in [0.25, 0.3) is 0 Å². The van der Waals surface area contributed by atoms with Crippen LogP contribution in [0, 0.1) is 11.6 Å². The summed E-state index contributed by atoms with van der Waals surface area (Å²) in [5, 5.41) is 13.5. The zero-order valence-electron chi connectivity index (χ0n) is 22.9. The van der Waals surface area contributed by atoms with Crippen molar-refractivity contribution < 1.29 is 47.3 Å². The largest absolute Gasteiger partial charge is 0.478 e. The summed E-state index contributed by atoms with van der Waals surface area (Å²) in [5.74, 6) is -3.10. The fraction of sp³-hybridized carbons (Fsp3) is 0.407. The third-order valence-corrected chi connectivity index (χ3v) is 4.42. The lowest BCUT2D eigenvalue weighted by Gasteiger charge is -2.19. The van der Waals surface area contributed by atoms with Crippen LogP contribution in [0.25, 0.3) is 0 Å². The Balaban J connectivity index is 0.000000391. The van der Waals surface area contributed by atoms with E-state index in [-0.39, 0.29) is 35.3 Å². The molecule has 3 N–H and O–H groups in total. The monoisotopic (exact) mass is 552 g/mol. The number of methoxy groups -OCH3 is 1. The highest BCUT2D eigenvalue weighted by Crippen LogP contribution is 2.13. The molecule has 0 aromatic heterocycles. The van der Waals surface area contributed by atoms with Crippen LogP contribution in [0.15, 0.2) is 36.4 Å². The summed E-state index contributed by atoms with van der Waals surface area (Å²) in [4.78, 5) is 44.7. The molecule has 2 rings (SSSR count). The van der Waals surface area contributed by atoms with E-state index < -0.39 is 47.0 Å². The second-order valence-electron chi connectivity index (χ2n) is 10.1. The van der Waals surface area contributed by atoms with Gasteiger partial charge in [0.2, 0.25) is 0 Å². The Labute approximate surface area is 225 Å². The Hall–Kier alpha value is -4.22. The first-order valence-corrected chi connectivity index (χ1v) is 11.7. The van der Waals surface area contributed by atoms with Crippen molar-refractivity contribution in [1.82, 2.24) is 10.6 Å². The Morgan fingerprint density at radius 2 is 1.13 bits per heavy atom. The maximum Gasteiger partial charge on any atom is 0.407 e. The molecule has 0 fully saturated rings. The summed E-state index contributed by atoms with van der Waals surface area (Å²) in [6.07, 6.45) is -1.29. The number of carbonyl (C=O) groups is 4. The van der Waals surface area contributed by atoms with Gasteiger partial charge in [-0.3, -0.25) is 0 Å². The van der Waals surface area contributed by atoms with Crippen molar-refractivity contribution in [2.45, 2.75) is 65.8 Å². The van der Waals surface area contributed by atoms with Gasteiger partial charge in [-0.25, -0.2) is 28.0 Å². The smallest absolute Gasteiger partial charge is 0.407 e. The number of hydrogen-bond donors (Lipinski definition) is 3. The minimum atomic E-state index is -1.20. The van der Waals surface area contributed by atoms with Gasteiger partial charge in [-0.15, -0.1) is 0 Å². The molecular weight excluding hydrogens is 518 g/mol. The molecule has 0 aliphatic carbocycles. The van der Waals surface area contributed by atoms with Crippen LogP contribution in [-0.4, -0.2) is 47.5 Å². The summed E-state index contributed by atoms with van der Waals surface area (Å²) in [7, 11) is 1.22. The lowest BCUT2D eigenvalue weighted by molar-refractivity contribution is 0.0511. The van der Waals surface area contributed by atoms with Gasteiger partial charge in [-0.1, -0.05) is 12.1 Å². The molecule has 0 aliphatic heterocycles. The van der Waals surface area contributed by atoms with E-state index >= 15 is 0 Å². The fourth-order valence-electron chi connectivity index (χ4n) is 2.72. The second-order valence-corrected chi connectivity index (χ2v) is 10.1. The number of carboxylic acids is 1. The number of esters is 1. The predicted molar refractivity (Wildman–Crippen MR) is 137 cm³/mol. The molecule has 0 saturated carbocycles. The molecule has 0 atom stereocenters. The van der Waals surface area contributed by atoms with Crippen LogP contribution in [0.1, 0.15) is 73.4 Å². The number of alkyl carbamates (subject to hydrolysis) is 2. The highest BCUT2D eigenvalue weighted by molar-refractivity contribution is 5.89. The number of carboxylic acid groups (broad SMARTS) is 1. The number of carbonyl (C=O) groups excluding carboxylic acids is 3. The minimum absolute atomic E-state index is 0.0256. The third-order valence-electron chi connectivity index (χ3n) is 4.42. The van der Waals surface area contributed by atoms with E-state index in [2.05, 4.69) is 15.4 Å². The summed E-state index contributed by atoms with van der Waals surface area (Å²) >= 11 is 0. The molecule has 10 nitrogen and oxygen atoms in total. The number of aromatic carboxylic acids is 1. The van der Waals surface area contributed by atoms with Crippen LogP contribution < -0.4 is 10.6 Å². The number of hydrogen-bond acceptors (Lipinski definition) is 7. The first-order valence-electron chi connectivity index (χ1n) is 11.7. The molecule has 12 heteroatoms. The number of benzene rings is 2. The zero-order valence-corrected chi connectivity index (χ0v) is 22.9. The van der Waals surface area contributed by atoms with Crippen molar-refractivity contribution in [3.8, 4) is 0 Å². The third kappa shape index (κ3) is 12.7. The highest BCUT2D eigenvalue weighted by atomic mass is 19.1. The molecule has 0 spiro atoms. The first kappa shape index (κ1) is 32.8. The number of amides is 2. The van der Waals surface area contributed by atoms with Gasteiger partial charge in [-0.05, 0) is 65.8 Å². The van der Waals surface area contributed by atoms with Crippen LogP contribution in [0.2, 0.25) is 0 Å². The zero-order chi connectivity index (χ0) is 30.0. The van der Waals surface area contributed by atoms with Crippen LogP contribution in [0.5, 0.6) is 0 Å². The predicted octanol–water partition coefficient (Wildman–Crippen LogP) is 5.19. The quantitative estimate of drug-likeness (QED) is 0.329. The lowest BCUT2D eigenvalue weighted by atomic mass is 10.1. The number of rotatable bonds is 6. The minimum Gasteiger partial charge on any atom is -0.478 e. The van der Waals surface area contributed by atoms with Crippen molar-refractivity contribution in [3.63, 3.8) is 0 Å². The Morgan fingerprint density at radius 1 is 0.744 bits per heavy atom. The molecule has 0 unspecified atom stereocenters. The van der Waals surface area contributed by atoms with E-state index in [9.17, 15) is 28.0 Å². The molecule has 0 radical (unpaired) electrons. The van der Waals surface area contributed by atoms with E-state index in [1.54, 1.807) is 41.5 Å². The molecule has 0 aliphatic rings. The average molecular weight is 553 g/mol. The van der Waals surface area contributed by atoms with Gasteiger partial charge >= 0.3 is 24.1 Å². The highest BCUT2D eigenvalue weighted by Gasteiger charge is 2.18. The molecule has 2 aromatic rings. The molecule has 214 valence electrons. The summed E-state index contributed by atoms with van der Waals surface area (Å²) in [5.41, 5.74) is -0.823. The number of ether oxygens (including phenoxy) is 3. The van der Waals surface area contributed by atoms with Gasteiger partial charge in [0, 0.05) is 24.2 Å². The van der Waals surface area contributed by atoms with E-state index in [1.165, 1.54) is 31.4 Å². The molecule has 2 aromatic carbocycles. The van der Waals surface area contributed by atoms with E-state index in [0.29, 0.717) is 0 Å². The lowest BCUT2D eigenvalue weighted by Crippen LogP contribution is -2.32. The topological polar surface area (TPSA) is 140 Å². The molecule has 2 amide bonds. The van der Waals surface area contributed by atoms with E-state index in [4.69, 9.17) is 14.6 Å². The van der Waals surface area contributed by atoms with Crippen molar-refractivity contribution in [2.75, 3.05) is 7.11 Å². The van der Waals surface area contributed by atoms with Crippen LogP contribution in [0.3, 0.4) is 0 Å². The van der Waals surface area contributed by atoms with Gasteiger partial charge < -0.3 is 30.0 Å². The van der Waals surface area contributed by atoms with Crippen molar-refractivity contribution in [1.29, 1.82) is 0 Å². The van der Waals surface area contributed by atoms with Crippen molar-refractivity contribution >= 4 is 24.1 Å². The van der Waals surface area contributed by atoms with E-state index in [0.717, 1.165) is 12.1 Å². The van der Waals surface area contributed by atoms with Gasteiger partial charge in [-0.2, -0.15) is 0 Å². The average Bonchev–Trinajstić information content (AvgIpc) is 2.80.